The summed E-state index contributed by atoms with van der Waals surface area (Å²) in [5, 5.41) is 14.8. The van der Waals surface area contributed by atoms with E-state index in [2.05, 4.69) is 10.1 Å². The van der Waals surface area contributed by atoms with Crippen LogP contribution in [0.25, 0.3) is 16.9 Å². The van der Waals surface area contributed by atoms with Crippen molar-refractivity contribution < 1.29 is 14.2 Å². The third kappa shape index (κ3) is 3.24. The lowest BCUT2D eigenvalue weighted by atomic mass is 10.1. The highest BCUT2D eigenvalue weighted by molar-refractivity contribution is 5.63. The van der Waals surface area contributed by atoms with Crippen LogP contribution in [-0.4, -0.2) is 19.5 Å². The molecule has 8 heteroatoms. The van der Waals surface area contributed by atoms with E-state index in [0.29, 0.717) is 12.3 Å². The number of benzene rings is 1. The monoisotopic (exact) mass is 364 g/mol. The minimum Gasteiger partial charge on any atom is -0.489 e. The van der Waals surface area contributed by atoms with Crippen LogP contribution < -0.4 is 4.74 Å². The SMILES string of the molecule is Cc1noc(C)c1COc1ccc(-c2cn3cc([N+](=O)[O-])ccc3n2)cc1. The molecule has 4 aromatic rings. The summed E-state index contributed by atoms with van der Waals surface area (Å²) in [7, 11) is 0. The van der Waals surface area contributed by atoms with Gasteiger partial charge in [-0.05, 0) is 44.2 Å². The van der Waals surface area contributed by atoms with Gasteiger partial charge in [-0.3, -0.25) is 14.5 Å². The Labute approximate surface area is 154 Å². The molecule has 3 heterocycles. The largest absolute Gasteiger partial charge is 0.489 e. The van der Waals surface area contributed by atoms with Crippen LogP contribution in [0.3, 0.4) is 0 Å². The molecule has 0 aliphatic carbocycles. The Kier molecular flexibility index (Phi) is 4.08. The normalized spacial score (nSPS) is 11.0. The van der Waals surface area contributed by atoms with Gasteiger partial charge in [0.1, 0.15) is 23.8 Å². The molecule has 0 spiro atoms. The molecule has 0 fully saturated rings. The fraction of sp³-hybridized carbons (Fsp3) is 0.158. The molecular formula is C19H16N4O4. The van der Waals surface area contributed by atoms with Crippen LogP contribution >= 0.6 is 0 Å². The van der Waals surface area contributed by atoms with E-state index >= 15 is 0 Å². The first-order chi connectivity index (χ1) is 13.0. The molecule has 0 N–H and O–H groups in total. The highest BCUT2D eigenvalue weighted by atomic mass is 16.6. The predicted octanol–water partition coefficient (Wildman–Crippen LogP) is 4.09. The zero-order valence-electron chi connectivity index (χ0n) is 14.7. The lowest BCUT2D eigenvalue weighted by Gasteiger charge is -2.06. The van der Waals surface area contributed by atoms with Gasteiger partial charge >= 0.3 is 0 Å². The van der Waals surface area contributed by atoms with E-state index in [1.807, 2.05) is 38.1 Å². The molecule has 0 unspecified atom stereocenters. The highest BCUT2D eigenvalue weighted by Gasteiger charge is 2.11. The van der Waals surface area contributed by atoms with Gasteiger partial charge in [0.15, 0.2) is 0 Å². The first-order valence-electron chi connectivity index (χ1n) is 8.29. The molecule has 0 saturated carbocycles. The van der Waals surface area contributed by atoms with Crippen molar-refractivity contribution in [2.75, 3.05) is 0 Å². The highest BCUT2D eigenvalue weighted by Crippen LogP contribution is 2.24. The van der Waals surface area contributed by atoms with Gasteiger partial charge in [0, 0.05) is 17.8 Å². The number of fused-ring (bicyclic) bond motifs is 1. The zero-order chi connectivity index (χ0) is 19.0. The van der Waals surface area contributed by atoms with Crippen molar-refractivity contribution in [1.82, 2.24) is 14.5 Å². The smallest absolute Gasteiger partial charge is 0.286 e. The summed E-state index contributed by atoms with van der Waals surface area (Å²) in [5.74, 6) is 1.47. The van der Waals surface area contributed by atoms with Gasteiger partial charge in [-0.15, -0.1) is 0 Å². The van der Waals surface area contributed by atoms with Gasteiger partial charge in [0.05, 0.1) is 28.1 Å². The standard InChI is InChI=1S/C19H16N4O4/c1-12-17(13(2)27-21-12)11-26-16-6-3-14(4-7-16)18-10-22-9-15(23(24)25)5-8-19(22)20-18/h3-10H,11H2,1-2H3. The first-order valence-corrected chi connectivity index (χ1v) is 8.29. The van der Waals surface area contributed by atoms with Crippen LogP contribution in [0.2, 0.25) is 0 Å². The maximum Gasteiger partial charge on any atom is 0.286 e. The number of pyridine rings is 1. The molecule has 8 nitrogen and oxygen atoms in total. The van der Waals surface area contributed by atoms with Gasteiger partial charge in [-0.1, -0.05) is 5.16 Å². The Morgan fingerprint density at radius 2 is 1.93 bits per heavy atom. The van der Waals surface area contributed by atoms with Crippen molar-refractivity contribution in [3.05, 3.63) is 75.9 Å². The topological polar surface area (TPSA) is 95.7 Å². The van der Waals surface area contributed by atoms with Crippen LogP contribution in [0.5, 0.6) is 5.75 Å². The fourth-order valence-corrected chi connectivity index (χ4v) is 2.81. The van der Waals surface area contributed by atoms with E-state index in [9.17, 15) is 10.1 Å². The number of imidazole rings is 1. The lowest BCUT2D eigenvalue weighted by molar-refractivity contribution is -0.385. The Bertz CT molecular complexity index is 1110. The molecule has 3 aromatic heterocycles. The summed E-state index contributed by atoms with van der Waals surface area (Å²) in [6.07, 6.45) is 3.22. The van der Waals surface area contributed by atoms with Crippen LogP contribution in [0.4, 0.5) is 5.69 Å². The Balaban J connectivity index is 1.53. The average molecular weight is 364 g/mol. The molecule has 0 aliphatic heterocycles. The number of aromatic nitrogens is 3. The third-order valence-corrected chi connectivity index (χ3v) is 4.36. The summed E-state index contributed by atoms with van der Waals surface area (Å²) in [4.78, 5) is 15.0. The van der Waals surface area contributed by atoms with Gasteiger partial charge in [-0.25, -0.2) is 4.98 Å². The molecule has 0 saturated heterocycles. The Morgan fingerprint density at radius 1 is 1.15 bits per heavy atom. The molecule has 0 aliphatic rings. The van der Waals surface area contributed by atoms with E-state index in [1.165, 1.54) is 12.3 Å². The molecule has 0 radical (unpaired) electrons. The zero-order valence-corrected chi connectivity index (χ0v) is 14.7. The van der Waals surface area contributed by atoms with Gasteiger partial charge in [0.2, 0.25) is 0 Å². The van der Waals surface area contributed by atoms with E-state index in [4.69, 9.17) is 9.26 Å². The van der Waals surface area contributed by atoms with E-state index in [-0.39, 0.29) is 5.69 Å². The summed E-state index contributed by atoms with van der Waals surface area (Å²) in [6, 6.07) is 10.6. The number of nitro groups is 1. The molecular weight excluding hydrogens is 348 g/mol. The number of ether oxygens (including phenoxy) is 1. The Hall–Kier alpha value is -3.68. The van der Waals surface area contributed by atoms with Crippen molar-refractivity contribution in [3.8, 4) is 17.0 Å². The number of rotatable bonds is 5. The van der Waals surface area contributed by atoms with Crippen molar-refractivity contribution in [2.24, 2.45) is 0 Å². The van der Waals surface area contributed by atoms with Gasteiger partial charge < -0.3 is 9.26 Å². The minimum absolute atomic E-state index is 0.0227. The summed E-state index contributed by atoms with van der Waals surface area (Å²) in [6.45, 7) is 4.13. The fourth-order valence-electron chi connectivity index (χ4n) is 2.81. The quantitative estimate of drug-likeness (QED) is 0.391. The van der Waals surface area contributed by atoms with Crippen molar-refractivity contribution in [1.29, 1.82) is 0 Å². The Morgan fingerprint density at radius 3 is 2.59 bits per heavy atom. The summed E-state index contributed by atoms with van der Waals surface area (Å²) < 4.78 is 12.6. The van der Waals surface area contributed by atoms with Gasteiger partial charge in [-0.2, -0.15) is 0 Å². The summed E-state index contributed by atoms with van der Waals surface area (Å²) in [5.41, 5.74) is 4.06. The molecule has 0 amide bonds. The van der Waals surface area contributed by atoms with E-state index < -0.39 is 4.92 Å². The van der Waals surface area contributed by atoms with E-state index in [0.717, 1.165) is 34.0 Å². The lowest BCUT2D eigenvalue weighted by Crippen LogP contribution is -1.97. The molecule has 4 rings (SSSR count). The number of hydrogen-bond acceptors (Lipinski definition) is 6. The summed E-state index contributed by atoms with van der Waals surface area (Å²) >= 11 is 0. The maximum absolute atomic E-state index is 10.9. The van der Waals surface area contributed by atoms with Crippen molar-refractivity contribution in [2.45, 2.75) is 20.5 Å². The van der Waals surface area contributed by atoms with Gasteiger partial charge in [0.25, 0.3) is 5.69 Å². The van der Waals surface area contributed by atoms with E-state index in [1.54, 1.807) is 16.7 Å². The first kappa shape index (κ1) is 16.8. The molecule has 1 aromatic carbocycles. The predicted molar refractivity (Wildman–Crippen MR) is 97.6 cm³/mol. The third-order valence-electron chi connectivity index (χ3n) is 4.36. The molecule has 136 valence electrons. The van der Waals surface area contributed by atoms with Crippen LogP contribution in [-0.2, 0) is 6.61 Å². The van der Waals surface area contributed by atoms with Crippen LogP contribution in [0.1, 0.15) is 17.0 Å². The number of nitrogens with zero attached hydrogens (tertiary/aromatic N) is 4. The number of aryl methyl sites for hydroxylation is 2. The van der Waals surface area contributed by atoms with Crippen molar-refractivity contribution >= 4 is 11.3 Å². The second-order valence-corrected chi connectivity index (χ2v) is 6.15. The maximum atomic E-state index is 10.9. The minimum atomic E-state index is -0.426. The second kappa shape index (κ2) is 6.56. The average Bonchev–Trinajstić information content (AvgIpc) is 3.23. The van der Waals surface area contributed by atoms with Crippen molar-refractivity contribution in [3.63, 3.8) is 0 Å². The van der Waals surface area contributed by atoms with Crippen LogP contribution in [0, 0.1) is 24.0 Å². The number of hydrogen-bond donors (Lipinski definition) is 0. The second-order valence-electron chi connectivity index (χ2n) is 6.15. The molecule has 0 bridgehead atoms. The molecule has 27 heavy (non-hydrogen) atoms. The van der Waals surface area contributed by atoms with Crippen LogP contribution in [0.15, 0.2) is 53.3 Å². The molecule has 0 atom stereocenters.